The van der Waals surface area contributed by atoms with Gasteiger partial charge in [-0.25, -0.2) is 4.79 Å². The molecule has 9 heteroatoms. The second-order valence-corrected chi connectivity index (χ2v) is 6.25. The molecule has 0 radical (unpaired) electrons. The maximum absolute atomic E-state index is 13.3. The average molecular weight is 418 g/mol. The molecule has 0 N–H and O–H groups in total. The lowest BCUT2D eigenvalue weighted by Crippen LogP contribution is -2.27. The van der Waals surface area contributed by atoms with Gasteiger partial charge in [-0.2, -0.15) is 0 Å². The normalized spacial score (nSPS) is 15.0. The number of hydrogen-bond acceptors (Lipinski definition) is 9. The van der Waals surface area contributed by atoms with E-state index < -0.39 is 12.1 Å². The van der Waals surface area contributed by atoms with E-state index in [2.05, 4.69) is 4.74 Å². The number of methoxy groups -OCH3 is 3. The number of rotatable bonds is 8. The fourth-order valence-corrected chi connectivity index (χ4v) is 2.94. The SMILES string of the molecule is COCOc1ccc(C2COc3cc(OCOC)cc(OC(=O)OC)c3C2=O)cc1. The van der Waals surface area contributed by atoms with Crippen LogP contribution in [0.1, 0.15) is 21.8 Å². The highest BCUT2D eigenvalue weighted by atomic mass is 16.7. The van der Waals surface area contributed by atoms with E-state index in [4.69, 9.17) is 28.4 Å². The van der Waals surface area contributed by atoms with E-state index in [9.17, 15) is 9.59 Å². The fraction of sp³-hybridized carbons (Fsp3) is 0.333. The maximum Gasteiger partial charge on any atom is 0.513 e. The summed E-state index contributed by atoms with van der Waals surface area (Å²) in [5.74, 6) is 0.336. The van der Waals surface area contributed by atoms with Crippen LogP contribution >= 0.6 is 0 Å². The molecule has 0 aromatic heterocycles. The quantitative estimate of drug-likeness (QED) is 0.364. The molecule has 0 saturated carbocycles. The fourth-order valence-electron chi connectivity index (χ4n) is 2.94. The Labute approximate surface area is 173 Å². The number of hydrogen-bond donors (Lipinski definition) is 0. The molecule has 0 aliphatic carbocycles. The summed E-state index contributed by atoms with van der Waals surface area (Å²) in [6.45, 7) is 0.222. The molecule has 0 spiro atoms. The van der Waals surface area contributed by atoms with Crippen LogP contribution in [0.2, 0.25) is 0 Å². The van der Waals surface area contributed by atoms with Crippen LogP contribution in [0.15, 0.2) is 36.4 Å². The molecule has 9 nitrogen and oxygen atoms in total. The van der Waals surface area contributed by atoms with Gasteiger partial charge in [0.25, 0.3) is 0 Å². The summed E-state index contributed by atoms with van der Waals surface area (Å²) in [5.41, 5.74) is 0.875. The van der Waals surface area contributed by atoms with Crippen molar-refractivity contribution in [1.82, 2.24) is 0 Å². The molecule has 1 heterocycles. The van der Waals surface area contributed by atoms with Crippen LogP contribution in [0.3, 0.4) is 0 Å². The van der Waals surface area contributed by atoms with Gasteiger partial charge in [0.1, 0.15) is 29.4 Å². The maximum atomic E-state index is 13.3. The van der Waals surface area contributed by atoms with Gasteiger partial charge in [0.2, 0.25) is 0 Å². The molecule has 1 atom stereocenters. The number of Topliss-reactive ketones (excluding diaryl/α,β-unsaturated/α-hetero) is 1. The van der Waals surface area contributed by atoms with Crippen LogP contribution in [0.25, 0.3) is 0 Å². The van der Waals surface area contributed by atoms with E-state index in [1.165, 1.54) is 27.4 Å². The van der Waals surface area contributed by atoms with Crippen molar-refractivity contribution in [3.63, 3.8) is 0 Å². The van der Waals surface area contributed by atoms with Gasteiger partial charge < -0.3 is 33.2 Å². The van der Waals surface area contributed by atoms with Crippen molar-refractivity contribution in [3.8, 4) is 23.0 Å². The van der Waals surface area contributed by atoms with Gasteiger partial charge in [-0.15, -0.1) is 0 Å². The van der Waals surface area contributed by atoms with Crippen molar-refractivity contribution in [3.05, 3.63) is 47.5 Å². The Balaban J connectivity index is 1.90. The van der Waals surface area contributed by atoms with Crippen LogP contribution in [0.4, 0.5) is 4.79 Å². The van der Waals surface area contributed by atoms with Gasteiger partial charge in [-0.1, -0.05) is 12.1 Å². The first-order valence-corrected chi connectivity index (χ1v) is 9.01. The van der Waals surface area contributed by atoms with Crippen molar-refractivity contribution in [2.24, 2.45) is 0 Å². The molecule has 30 heavy (non-hydrogen) atoms. The van der Waals surface area contributed by atoms with Gasteiger partial charge >= 0.3 is 6.16 Å². The number of carbonyl (C=O) groups is 2. The van der Waals surface area contributed by atoms with Crippen molar-refractivity contribution in [2.45, 2.75) is 5.92 Å². The number of carbonyl (C=O) groups excluding carboxylic acids is 2. The second-order valence-electron chi connectivity index (χ2n) is 6.25. The molecule has 3 rings (SSSR count). The predicted octanol–water partition coefficient (Wildman–Crippen LogP) is 3.16. The van der Waals surface area contributed by atoms with E-state index in [0.29, 0.717) is 11.5 Å². The average Bonchev–Trinajstić information content (AvgIpc) is 2.76. The predicted molar refractivity (Wildman–Crippen MR) is 103 cm³/mol. The van der Waals surface area contributed by atoms with Crippen LogP contribution in [-0.4, -0.2) is 53.5 Å². The number of ether oxygens (including phenoxy) is 7. The molecule has 1 unspecified atom stereocenters. The Kier molecular flexibility index (Phi) is 7.10. The zero-order valence-electron chi connectivity index (χ0n) is 16.8. The van der Waals surface area contributed by atoms with Crippen LogP contribution in [0, 0.1) is 0 Å². The molecule has 0 bridgehead atoms. The Hall–Kier alpha value is -3.30. The van der Waals surface area contributed by atoms with E-state index in [-0.39, 0.29) is 43.0 Å². The topological polar surface area (TPSA) is 98.8 Å². The number of ketones is 1. The van der Waals surface area contributed by atoms with Crippen LogP contribution in [0.5, 0.6) is 23.0 Å². The van der Waals surface area contributed by atoms with Gasteiger partial charge in [0.05, 0.1) is 13.0 Å². The third kappa shape index (κ3) is 4.81. The lowest BCUT2D eigenvalue weighted by atomic mass is 9.88. The van der Waals surface area contributed by atoms with E-state index >= 15 is 0 Å². The molecule has 1 aliphatic heterocycles. The summed E-state index contributed by atoms with van der Waals surface area (Å²) in [5, 5.41) is 0. The van der Waals surface area contributed by atoms with E-state index in [1.807, 2.05) is 0 Å². The zero-order chi connectivity index (χ0) is 21.5. The smallest absolute Gasteiger partial charge is 0.491 e. The molecule has 160 valence electrons. The highest BCUT2D eigenvalue weighted by molar-refractivity contribution is 6.07. The van der Waals surface area contributed by atoms with Crippen molar-refractivity contribution < 1.29 is 42.7 Å². The van der Waals surface area contributed by atoms with Gasteiger partial charge in [-0.3, -0.25) is 4.79 Å². The van der Waals surface area contributed by atoms with Gasteiger partial charge in [0.15, 0.2) is 25.1 Å². The molecule has 0 fully saturated rings. The molecule has 2 aromatic carbocycles. The molecular formula is C21H22O9. The molecule has 1 aliphatic rings. The summed E-state index contributed by atoms with van der Waals surface area (Å²) >= 11 is 0. The highest BCUT2D eigenvalue weighted by Gasteiger charge is 2.34. The minimum atomic E-state index is -0.962. The van der Waals surface area contributed by atoms with Crippen LogP contribution in [-0.2, 0) is 14.2 Å². The highest BCUT2D eigenvalue weighted by Crippen LogP contribution is 2.41. The Bertz CT molecular complexity index is 892. The van der Waals surface area contributed by atoms with Crippen LogP contribution < -0.4 is 18.9 Å². The third-order valence-electron chi connectivity index (χ3n) is 4.34. The van der Waals surface area contributed by atoms with E-state index in [1.54, 1.807) is 30.3 Å². The van der Waals surface area contributed by atoms with Gasteiger partial charge in [-0.05, 0) is 17.7 Å². The van der Waals surface area contributed by atoms with E-state index in [0.717, 1.165) is 5.56 Å². The van der Waals surface area contributed by atoms with Crippen molar-refractivity contribution >= 4 is 11.9 Å². The zero-order valence-corrected chi connectivity index (χ0v) is 16.8. The summed E-state index contributed by atoms with van der Waals surface area (Å²) in [6.07, 6.45) is -0.962. The Morgan fingerprint density at radius 3 is 2.30 bits per heavy atom. The Morgan fingerprint density at radius 1 is 1.00 bits per heavy atom. The first-order valence-electron chi connectivity index (χ1n) is 9.01. The Morgan fingerprint density at radius 2 is 1.67 bits per heavy atom. The molecule has 2 aromatic rings. The first kappa shape index (κ1) is 21.4. The minimum Gasteiger partial charge on any atom is -0.491 e. The summed E-state index contributed by atoms with van der Waals surface area (Å²) in [7, 11) is 4.18. The van der Waals surface area contributed by atoms with Gasteiger partial charge in [0, 0.05) is 26.4 Å². The molecular weight excluding hydrogens is 396 g/mol. The standard InChI is InChI=1S/C21H22O9/c1-24-11-28-14-6-4-13(5-7-14)16-10-27-17-8-15(29-12-25-2)9-18(19(17)20(16)22)30-21(23)26-3/h4-9,16H,10-12H2,1-3H3. The third-order valence-corrected chi connectivity index (χ3v) is 4.34. The lowest BCUT2D eigenvalue weighted by Gasteiger charge is -2.26. The number of fused-ring (bicyclic) bond motifs is 1. The lowest BCUT2D eigenvalue weighted by molar-refractivity contribution is 0.0504. The number of benzene rings is 2. The minimum absolute atomic E-state index is 0.0137. The largest absolute Gasteiger partial charge is 0.513 e. The second kappa shape index (κ2) is 9.95. The van der Waals surface area contributed by atoms with Crippen molar-refractivity contribution in [2.75, 3.05) is 41.5 Å². The van der Waals surface area contributed by atoms with Crippen molar-refractivity contribution in [1.29, 1.82) is 0 Å². The summed E-state index contributed by atoms with van der Waals surface area (Å²) in [6, 6.07) is 10.0. The first-order chi connectivity index (χ1) is 14.6. The monoisotopic (exact) mass is 418 g/mol. The summed E-state index contributed by atoms with van der Waals surface area (Å²) < 4.78 is 36.1. The molecule has 0 amide bonds. The summed E-state index contributed by atoms with van der Waals surface area (Å²) in [4.78, 5) is 24.9. The molecule has 0 saturated heterocycles.